The minimum absolute atomic E-state index is 0.152. The molecule has 114 valence electrons. The monoisotopic (exact) mass is 299 g/mol. The van der Waals surface area contributed by atoms with Crippen molar-refractivity contribution in [2.24, 2.45) is 0 Å². The Kier molecular flexibility index (Phi) is 3.66. The lowest BCUT2D eigenvalue weighted by atomic mass is 9.86. The number of H-pyrrole nitrogens is 1. The summed E-state index contributed by atoms with van der Waals surface area (Å²) in [6.07, 6.45) is 0.199. The van der Waals surface area contributed by atoms with Gasteiger partial charge in [-0.1, -0.05) is 18.2 Å². The Hall–Kier alpha value is -2.63. The number of fused-ring (bicyclic) bond motifs is 1. The molecule has 1 aliphatic rings. The summed E-state index contributed by atoms with van der Waals surface area (Å²) in [6, 6.07) is 7.48. The summed E-state index contributed by atoms with van der Waals surface area (Å²) >= 11 is 0. The molecule has 0 saturated heterocycles. The van der Waals surface area contributed by atoms with E-state index in [0.29, 0.717) is 29.6 Å². The van der Waals surface area contributed by atoms with Gasteiger partial charge in [-0.25, -0.2) is 4.98 Å². The molecule has 1 amide bonds. The Morgan fingerprint density at radius 1 is 1.32 bits per heavy atom. The third-order valence-corrected chi connectivity index (χ3v) is 3.66. The smallest absolute Gasteiger partial charge is 0.256 e. The average molecular weight is 299 g/mol. The Bertz CT molecular complexity index is 782. The number of hydrogen-bond donors (Lipinski definition) is 2. The van der Waals surface area contributed by atoms with Gasteiger partial charge in [0.25, 0.3) is 5.56 Å². The van der Waals surface area contributed by atoms with Crippen LogP contribution in [0, 0.1) is 6.92 Å². The highest BCUT2D eigenvalue weighted by Crippen LogP contribution is 2.38. The molecule has 0 unspecified atom stereocenters. The van der Waals surface area contributed by atoms with Crippen molar-refractivity contribution in [2.45, 2.75) is 26.2 Å². The summed E-state index contributed by atoms with van der Waals surface area (Å²) in [4.78, 5) is 31.3. The third-order valence-electron chi connectivity index (χ3n) is 3.66. The largest absolute Gasteiger partial charge is 0.494 e. The molecule has 2 N–H and O–H groups in total. The van der Waals surface area contributed by atoms with E-state index < -0.39 is 0 Å². The maximum Gasteiger partial charge on any atom is 0.256 e. The Balaban J connectivity index is 2.18. The molecule has 1 atom stereocenters. The fraction of sp³-hybridized carbons (Fsp3) is 0.312. The van der Waals surface area contributed by atoms with Crippen molar-refractivity contribution in [3.05, 3.63) is 51.6 Å². The number of aromatic amines is 1. The van der Waals surface area contributed by atoms with Crippen LogP contribution in [0.5, 0.6) is 5.75 Å². The van der Waals surface area contributed by atoms with Gasteiger partial charge in [0, 0.05) is 17.9 Å². The zero-order valence-electron chi connectivity index (χ0n) is 12.5. The number of hydrogen-bond acceptors (Lipinski definition) is 4. The molecule has 22 heavy (non-hydrogen) atoms. The third kappa shape index (κ3) is 2.47. The summed E-state index contributed by atoms with van der Waals surface area (Å²) in [5, 5.41) is 2.68. The Labute approximate surface area is 127 Å². The van der Waals surface area contributed by atoms with E-state index in [1.807, 2.05) is 31.2 Å². The van der Waals surface area contributed by atoms with E-state index in [-0.39, 0.29) is 23.8 Å². The summed E-state index contributed by atoms with van der Waals surface area (Å²) in [7, 11) is 0. The van der Waals surface area contributed by atoms with E-state index in [4.69, 9.17) is 4.74 Å². The minimum Gasteiger partial charge on any atom is -0.494 e. The maximum atomic E-state index is 12.4. The molecular weight excluding hydrogens is 282 g/mol. The minimum atomic E-state index is -0.358. The van der Waals surface area contributed by atoms with Crippen LogP contribution in [0.1, 0.15) is 36.2 Å². The summed E-state index contributed by atoms with van der Waals surface area (Å²) < 4.78 is 5.64. The number of rotatable bonds is 3. The van der Waals surface area contributed by atoms with Gasteiger partial charge in [-0.05, 0) is 19.9 Å². The topological polar surface area (TPSA) is 84.1 Å². The molecule has 0 aliphatic carbocycles. The standard InChI is InChI=1S/C16H17N3O3/c1-3-22-12-7-5-4-6-10(12)11-8-13(20)19-15-14(11)16(21)18-9(2)17-15/h4-7,11H,3,8H2,1-2H3,(H2,17,18,19,20,21)/t11-/m0/s1. The predicted octanol–water partition coefficient (Wildman–Crippen LogP) is 1.95. The zero-order valence-corrected chi connectivity index (χ0v) is 12.5. The Morgan fingerprint density at radius 3 is 2.86 bits per heavy atom. The molecular formula is C16H17N3O3. The predicted molar refractivity (Wildman–Crippen MR) is 82.3 cm³/mol. The van der Waals surface area contributed by atoms with Gasteiger partial charge in [-0.2, -0.15) is 0 Å². The number of amides is 1. The van der Waals surface area contributed by atoms with Crippen LogP contribution in [0.4, 0.5) is 5.82 Å². The molecule has 6 nitrogen and oxygen atoms in total. The molecule has 0 saturated carbocycles. The highest BCUT2D eigenvalue weighted by molar-refractivity contribution is 5.94. The molecule has 2 heterocycles. The lowest BCUT2D eigenvalue weighted by Gasteiger charge is -2.25. The van der Waals surface area contributed by atoms with Crippen LogP contribution in [0.15, 0.2) is 29.1 Å². The SMILES string of the molecule is CCOc1ccccc1[C@@H]1CC(=O)Nc2nc(C)[nH]c(=O)c21. The molecule has 1 aromatic carbocycles. The van der Waals surface area contributed by atoms with E-state index in [1.165, 1.54) is 0 Å². The number of aryl methyl sites for hydroxylation is 1. The van der Waals surface area contributed by atoms with Gasteiger partial charge in [0.2, 0.25) is 5.91 Å². The highest BCUT2D eigenvalue weighted by atomic mass is 16.5. The van der Waals surface area contributed by atoms with Crippen LogP contribution in [0.25, 0.3) is 0 Å². The van der Waals surface area contributed by atoms with Crippen LogP contribution >= 0.6 is 0 Å². The molecule has 6 heteroatoms. The molecule has 1 aromatic heterocycles. The van der Waals surface area contributed by atoms with E-state index >= 15 is 0 Å². The zero-order chi connectivity index (χ0) is 15.7. The van der Waals surface area contributed by atoms with Crippen LogP contribution in [0.3, 0.4) is 0 Å². The van der Waals surface area contributed by atoms with Gasteiger partial charge in [0.1, 0.15) is 17.4 Å². The quantitative estimate of drug-likeness (QED) is 0.907. The summed E-state index contributed by atoms with van der Waals surface area (Å²) in [5.41, 5.74) is 1.09. The van der Waals surface area contributed by atoms with Crippen molar-refractivity contribution in [3.63, 3.8) is 0 Å². The fourth-order valence-corrected chi connectivity index (χ4v) is 2.80. The molecule has 0 bridgehead atoms. The van der Waals surface area contributed by atoms with Crippen molar-refractivity contribution >= 4 is 11.7 Å². The average Bonchev–Trinajstić information content (AvgIpc) is 2.46. The van der Waals surface area contributed by atoms with Gasteiger partial charge in [-0.3, -0.25) is 9.59 Å². The number of nitrogens with zero attached hydrogens (tertiary/aromatic N) is 1. The van der Waals surface area contributed by atoms with Crippen molar-refractivity contribution in [1.82, 2.24) is 9.97 Å². The van der Waals surface area contributed by atoms with Gasteiger partial charge < -0.3 is 15.0 Å². The molecule has 0 fully saturated rings. The first-order valence-electron chi connectivity index (χ1n) is 7.22. The van der Waals surface area contributed by atoms with Crippen LogP contribution in [-0.2, 0) is 4.79 Å². The lowest BCUT2D eigenvalue weighted by molar-refractivity contribution is -0.116. The fourth-order valence-electron chi connectivity index (χ4n) is 2.80. The van der Waals surface area contributed by atoms with Crippen molar-refractivity contribution in [1.29, 1.82) is 0 Å². The number of ether oxygens (including phenoxy) is 1. The van der Waals surface area contributed by atoms with Crippen molar-refractivity contribution in [3.8, 4) is 5.75 Å². The van der Waals surface area contributed by atoms with E-state index in [9.17, 15) is 9.59 Å². The number of benzene rings is 1. The molecule has 1 aliphatic heterocycles. The van der Waals surface area contributed by atoms with E-state index in [0.717, 1.165) is 5.56 Å². The number of para-hydroxylation sites is 1. The summed E-state index contributed by atoms with van der Waals surface area (Å²) in [6.45, 7) is 4.10. The van der Waals surface area contributed by atoms with Crippen LogP contribution in [0.2, 0.25) is 0 Å². The first kappa shape index (κ1) is 14.3. The highest BCUT2D eigenvalue weighted by Gasteiger charge is 2.32. The van der Waals surface area contributed by atoms with Gasteiger partial charge >= 0.3 is 0 Å². The van der Waals surface area contributed by atoms with Crippen molar-refractivity contribution < 1.29 is 9.53 Å². The van der Waals surface area contributed by atoms with Crippen molar-refractivity contribution in [2.75, 3.05) is 11.9 Å². The second kappa shape index (κ2) is 5.63. The number of nitrogens with one attached hydrogen (secondary N) is 2. The van der Waals surface area contributed by atoms with Gasteiger partial charge in [0.15, 0.2) is 0 Å². The number of carbonyl (C=O) groups excluding carboxylic acids is 1. The van der Waals surface area contributed by atoms with E-state index in [1.54, 1.807) is 6.92 Å². The number of aromatic nitrogens is 2. The lowest BCUT2D eigenvalue weighted by Crippen LogP contribution is -2.31. The van der Waals surface area contributed by atoms with E-state index in [2.05, 4.69) is 15.3 Å². The van der Waals surface area contributed by atoms with Crippen LogP contribution < -0.4 is 15.6 Å². The number of anilines is 1. The van der Waals surface area contributed by atoms with Gasteiger partial charge in [0.05, 0.1) is 12.2 Å². The van der Waals surface area contributed by atoms with Gasteiger partial charge in [-0.15, -0.1) is 0 Å². The first-order chi connectivity index (χ1) is 10.6. The molecule has 2 aromatic rings. The van der Waals surface area contributed by atoms with Crippen LogP contribution in [-0.4, -0.2) is 22.5 Å². The first-order valence-corrected chi connectivity index (χ1v) is 7.22. The number of carbonyl (C=O) groups is 1. The Morgan fingerprint density at radius 2 is 2.09 bits per heavy atom. The summed E-state index contributed by atoms with van der Waals surface area (Å²) in [5.74, 6) is 0.997. The molecule has 0 radical (unpaired) electrons. The molecule has 3 rings (SSSR count). The maximum absolute atomic E-state index is 12.4. The second-order valence-electron chi connectivity index (χ2n) is 5.19. The normalized spacial score (nSPS) is 16.8. The second-order valence-corrected chi connectivity index (χ2v) is 5.19. The molecule has 0 spiro atoms.